The number of piperidine rings is 1. The van der Waals surface area contributed by atoms with Crippen molar-refractivity contribution in [3.05, 3.63) is 35.4 Å². The molecule has 2 heterocycles. The average Bonchev–Trinajstić information content (AvgIpc) is 2.73. The third-order valence-electron chi connectivity index (χ3n) is 6.45. The molecular weight excluding hydrogens is 348 g/mol. The molecule has 0 bridgehead atoms. The number of nitrogens with one attached hydrogen (secondary N) is 2. The molecule has 2 saturated heterocycles. The first-order valence-electron chi connectivity index (χ1n) is 11.0. The molecule has 2 N–H and O–H groups in total. The van der Waals surface area contributed by atoms with Crippen molar-refractivity contribution in [3.8, 4) is 0 Å². The van der Waals surface area contributed by atoms with E-state index in [-0.39, 0.29) is 5.41 Å². The van der Waals surface area contributed by atoms with Gasteiger partial charge >= 0.3 is 0 Å². The molecule has 0 spiro atoms. The van der Waals surface area contributed by atoms with Gasteiger partial charge in [-0.3, -0.25) is 4.99 Å². The summed E-state index contributed by atoms with van der Waals surface area (Å²) >= 11 is 0. The van der Waals surface area contributed by atoms with Gasteiger partial charge in [0.2, 0.25) is 0 Å². The molecule has 5 nitrogen and oxygen atoms in total. The van der Waals surface area contributed by atoms with E-state index in [1.807, 2.05) is 7.05 Å². The number of aliphatic imine (C=N–C) groups is 1. The summed E-state index contributed by atoms with van der Waals surface area (Å²) in [6.45, 7) is 10.6. The maximum Gasteiger partial charge on any atom is 0.191 e. The predicted molar refractivity (Wildman–Crippen MR) is 117 cm³/mol. The number of guanidine groups is 1. The van der Waals surface area contributed by atoms with Crippen molar-refractivity contribution in [2.24, 2.45) is 4.99 Å². The molecule has 3 rings (SSSR count). The zero-order valence-electron chi connectivity index (χ0n) is 18.0. The molecule has 28 heavy (non-hydrogen) atoms. The largest absolute Gasteiger partial charge is 0.381 e. The van der Waals surface area contributed by atoms with E-state index in [0.717, 1.165) is 38.6 Å². The molecule has 0 saturated carbocycles. The van der Waals surface area contributed by atoms with Crippen LogP contribution >= 0.6 is 0 Å². The molecule has 0 aliphatic carbocycles. The van der Waals surface area contributed by atoms with Gasteiger partial charge < -0.3 is 20.3 Å². The van der Waals surface area contributed by atoms with E-state index in [9.17, 15) is 0 Å². The van der Waals surface area contributed by atoms with Crippen LogP contribution in [0.4, 0.5) is 0 Å². The van der Waals surface area contributed by atoms with Crippen LogP contribution in [0.5, 0.6) is 0 Å². The molecule has 1 aromatic carbocycles. The first-order chi connectivity index (χ1) is 13.7. The Morgan fingerprint density at radius 2 is 1.93 bits per heavy atom. The van der Waals surface area contributed by atoms with Gasteiger partial charge in [-0.05, 0) is 56.7 Å². The summed E-state index contributed by atoms with van der Waals surface area (Å²) in [5.74, 6) is 0.938. The molecule has 0 aromatic heterocycles. The monoisotopic (exact) mass is 386 g/mol. The fourth-order valence-corrected chi connectivity index (χ4v) is 4.73. The Labute approximate surface area is 170 Å². The number of rotatable bonds is 6. The standard InChI is InChI=1S/C23H38N4O/c1-4-13-27-14-9-20(10-15-27)26-22(24-3)25-18-23(11-16-28-17-12-23)21-8-6-5-7-19(21)2/h5-8,20H,4,9-18H2,1-3H3,(H2,24,25,26). The van der Waals surface area contributed by atoms with Gasteiger partial charge in [-0.1, -0.05) is 31.2 Å². The lowest BCUT2D eigenvalue weighted by atomic mass is 9.72. The second-order valence-corrected chi connectivity index (χ2v) is 8.39. The lowest BCUT2D eigenvalue weighted by molar-refractivity contribution is 0.0511. The van der Waals surface area contributed by atoms with Crippen LogP contribution < -0.4 is 10.6 Å². The van der Waals surface area contributed by atoms with Gasteiger partial charge in [0.05, 0.1) is 0 Å². The van der Waals surface area contributed by atoms with E-state index in [1.54, 1.807) is 0 Å². The van der Waals surface area contributed by atoms with E-state index in [2.05, 4.69) is 58.6 Å². The highest BCUT2D eigenvalue weighted by Gasteiger charge is 2.35. The molecule has 0 amide bonds. The summed E-state index contributed by atoms with van der Waals surface area (Å²) in [5, 5.41) is 7.33. The Kier molecular flexibility index (Phi) is 7.74. The first-order valence-corrected chi connectivity index (χ1v) is 11.0. The van der Waals surface area contributed by atoms with Crippen molar-refractivity contribution in [3.63, 3.8) is 0 Å². The van der Waals surface area contributed by atoms with Crippen LogP contribution in [0.15, 0.2) is 29.3 Å². The SMILES string of the molecule is CCCN1CCC(NC(=NC)NCC2(c3ccccc3C)CCOCC2)CC1. The molecule has 5 heteroatoms. The number of aryl methyl sites for hydroxylation is 1. The maximum absolute atomic E-state index is 5.69. The van der Waals surface area contributed by atoms with E-state index in [0.29, 0.717) is 6.04 Å². The second kappa shape index (κ2) is 10.3. The Hall–Kier alpha value is -1.59. The topological polar surface area (TPSA) is 48.9 Å². The van der Waals surface area contributed by atoms with Crippen LogP contribution in [0.25, 0.3) is 0 Å². The summed E-state index contributed by atoms with van der Waals surface area (Å²) in [6, 6.07) is 9.33. The molecule has 0 atom stereocenters. The molecule has 2 fully saturated rings. The smallest absolute Gasteiger partial charge is 0.191 e. The number of hydrogen-bond donors (Lipinski definition) is 2. The zero-order valence-corrected chi connectivity index (χ0v) is 18.0. The molecule has 0 radical (unpaired) electrons. The number of ether oxygens (including phenoxy) is 1. The van der Waals surface area contributed by atoms with Crippen molar-refractivity contribution in [1.29, 1.82) is 0 Å². The molecule has 156 valence electrons. The fourth-order valence-electron chi connectivity index (χ4n) is 4.73. The van der Waals surface area contributed by atoms with E-state index in [4.69, 9.17) is 4.74 Å². The molecule has 2 aliphatic rings. The Morgan fingerprint density at radius 1 is 1.21 bits per heavy atom. The van der Waals surface area contributed by atoms with Crippen molar-refractivity contribution in [1.82, 2.24) is 15.5 Å². The van der Waals surface area contributed by atoms with Crippen molar-refractivity contribution < 1.29 is 4.74 Å². The van der Waals surface area contributed by atoms with E-state index in [1.165, 1.54) is 50.0 Å². The highest BCUT2D eigenvalue weighted by atomic mass is 16.5. The van der Waals surface area contributed by atoms with Gasteiger partial charge in [-0.15, -0.1) is 0 Å². The van der Waals surface area contributed by atoms with Crippen molar-refractivity contribution in [2.75, 3.05) is 46.4 Å². The van der Waals surface area contributed by atoms with E-state index < -0.39 is 0 Å². The Balaban J connectivity index is 1.60. The third-order valence-corrected chi connectivity index (χ3v) is 6.45. The van der Waals surface area contributed by atoms with Crippen molar-refractivity contribution >= 4 is 5.96 Å². The fraction of sp³-hybridized carbons (Fsp3) is 0.696. The quantitative estimate of drug-likeness (QED) is 0.583. The number of hydrogen-bond acceptors (Lipinski definition) is 3. The summed E-state index contributed by atoms with van der Waals surface area (Å²) < 4.78 is 5.69. The molecule has 2 aliphatic heterocycles. The lowest BCUT2D eigenvalue weighted by Crippen LogP contribution is -2.52. The van der Waals surface area contributed by atoms with Gasteiger partial charge in [0, 0.05) is 51.4 Å². The number of likely N-dealkylation sites (tertiary alicyclic amines) is 1. The number of nitrogens with zero attached hydrogens (tertiary/aromatic N) is 2. The highest BCUT2D eigenvalue weighted by molar-refractivity contribution is 5.80. The summed E-state index contributed by atoms with van der Waals surface area (Å²) in [5.41, 5.74) is 2.94. The zero-order chi connectivity index (χ0) is 19.8. The van der Waals surface area contributed by atoms with Gasteiger partial charge in [0.25, 0.3) is 0 Å². The van der Waals surface area contributed by atoms with Crippen LogP contribution in [0.3, 0.4) is 0 Å². The highest BCUT2D eigenvalue weighted by Crippen LogP contribution is 2.36. The van der Waals surface area contributed by atoms with Gasteiger partial charge in [-0.25, -0.2) is 0 Å². The summed E-state index contributed by atoms with van der Waals surface area (Å²) in [7, 11) is 1.88. The molecule has 1 aromatic rings. The minimum atomic E-state index is 0.117. The molecule has 0 unspecified atom stereocenters. The number of benzene rings is 1. The normalized spacial score (nSPS) is 21.5. The third kappa shape index (κ3) is 5.26. The predicted octanol–water partition coefficient (Wildman–Crippen LogP) is 3.08. The Morgan fingerprint density at radius 3 is 2.57 bits per heavy atom. The summed E-state index contributed by atoms with van der Waals surface area (Å²) in [4.78, 5) is 7.09. The van der Waals surface area contributed by atoms with Crippen LogP contribution in [-0.2, 0) is 10.2 Å². The minimum Gasteiger partial charge on any atom is -0.381 e. The van der Waals surface area contributed by atoms with Crippen LogP contribution in [0.1, 0.15) is 50.2 Å². The van der Waals surface area contributed by atoms with Gasteiger partial charge in [-0.2, -0.15) is 0 Å². The van der Waals surface area contributed by atoms with E-state index >= 15 is 0 Å². The second-order valence-electron chi connectivity index (χ2n) is 8.39. The van der Waals surface area contributed by atoms with Crippen molar-refractivity contribution in [2.45, 2.75) is 57.4 Å². The van der Waals surface area contributed by atoms with Crippen LogP contribution in [-0.4, -0.2) is 63.3 Å². The maximum atomic E-state index is 5.69. The first kappa shape index (κ1) is 21.1. The molecular formula is C23H38N4O. The lowest BCUT2D eigenvalue weighted by Gasteiger charge is -2.39. The van der Waals surface area contributed by atoms with Gasteiger partial charge in [0.1, 0.15) is 0 Å². The van der Waals surface area contributed by atoms with Crippen LogP contribution in [0.2, 0.25) is 0 Å². The Bertz CT molecular complexity index is 631. The minimum absolute atomic E-state index is 0.117. The summed E-state index contributed by atoms with van der Waals surface area (Å²) in [6.07, 6.45) is 5.73. The van der Waals surface area contributed by atoms with Crippen LogP contribution in [0, 0.1) is 6.92 Å². The average molecular weight is 387 g/mol. The van der Waals surface area contributed by atoms with Gasteiger partial charge in [0.15, 0.2) is 5.96 Å².